The lowest BCUT2D eigenvalue weighted by molar-refractivity contribution is 1.27. The summed E-state index contributed by atoms with van der Waals surface area (Å²) >= 11 is 0. The molecule has 3 N–H and O–H groups in total. The highest BCUT2D eigenvalue weighted by Crippen LogP contribution is 2.25. The van der Waals surface area contributed by atoms with Crippen molar-refractivity contribution in [3.05, 3.63) is 53.6 Å². The van der Waals surface area contributed by atoms with Crippen LogP contribution in [0.3, 0.4) is 0 Å². The molecule has 0 saturated heterocycles. The number of nitrogens with zero attached hydrogens (tertiary/aromatic N) is 2. The normalized spacial score (nSPS) is 10.7. The van der Waals surface area contributed by atoms with Crippen molar-refractivity contribution in [2.45, 2.75) is 13.8 Å². The standard InChI is InChI=1S/C16H16N4/c1-10-7-8-12(11(2)9-10)19-16-15(17)18-13-5-3-4-6-14(13)20-16/h3-9H,1-2H3,(H2,17,18)(H,19,20). The molecule has 0 fully saturated rings. The Morgan fingerprint density at radius 3 is 2.35 bits per heavy atom. The number of nitrogens with one attached hydrogen (secondary N) is 1. The van der Waals surface area contributed by atoms with E-state index in [2.05, 4.69) is 41.3 Å². The van der Waals surface area contributed by atoms with Crippen LogP contribution in [0.15, 0.2) is 42.5 Å². The van der Waals surface area contributed by atoms with E-state index in [-0.39, 0.29) is 0 Å². The summed E-state index contributed by atoms with van der Waals surface area (Å²) in [6, 6.07) is 13.9. The highest BCUT2D eigenvalue weighted by Gasteiger charge is 2.07. The third-order valence-corrected chi connectivity index (χ3v) is 3.23. The van der Waals surface area contributed by atoms with Crippen LogP contribution in [-0.2, 0) is 0 Å². The topological polar surface area (TPSA) is 63.8 Å². The first kappa shape index (κ1) is 12.4. The van der Waals surface area contributed by atoms with E-state index in [9.17, 15) is 0 Å². The number of rotatable bonds is 2. The SMILES string of the molecule is Cc1ccc(Nc2nc3ccccc3nc2N)c(C)c1. The number of aryl methyl sites for hydroxylation is 2. The smallest absolute Gasteiger partial charge is 0.174 e. The summed E-state index contributed by atoms with van der Waals surface area (Å²) in [5.74, 6) is 0.999. The molecule has 3 rings (SSSR count). The summed E-state index contributed by atoms with van der Waals surface area (Å²) in [6.45, 7) is 4.13. The van der Waals surface area contributed by atoms with Crippen molar-refractivity contribution in [3.63, 3.8) is 0 Å². The Balaban J connectivity index is 2.03. The number of para-hydroxylation sites is 2. The lowest BCUT2D eigenvalue weighted by Crippen LogP contribution is -2.03. The third-order valence-electron chi connectivity index (χ3n) is 3.23. The van der Waals surface area contributed by atoms with E-state index in [0.717, 1.165) is 22.3 Å². The molecule has 0 saturated carbocycles. The Kier molecular flexibility index (Phi) is 2.99. The van der Waals surface area contributed by atoms with E-state index in [1.807, 2.05) is 30.3 Å². The van der Waals surface area contributed by atoms with Crippen molar-refractivity contribution in [2.75, 3.05) is 11.1 Å². The molecule has 0 unspecified atom stereocenters. The fourth-order valence-electron chi connectivity index (χ4n) is 2.19. The van der Waals surface area contributed by atoms with Gasteiger partial charge in [-0.2, -0.15) is 0 Å². The lowest BCUT2D eigenvalue weighted by Gasteiger charge is -2.11. The number of hydrogen-bond donors (Lipinski definition) is 2. The Morgan fingerprint density at radius 1 is 0.950 bits per heavy atom. The van der Waals surface area contributed by atoms with E-state index >= 15 is 0 Å². The molecule has 1 heterocycles. The minimum Gasteiger partial charge on any atom is -0.381 e. The number of benzene rings is 2. The number of nitrogen functional groups attached to an aromatic ring is 1. The molecule has 3 aromatic rings. The molecular formula is C16H16N4. The lowest BCUT2D eigenvalue weighted by atomic mass is 10.1. The monoisotopic (exact) mass is 264 g/mol. The summed E-state index contributed by atoms with van der Waals surface area (Å²) in [4.78, 5) is 8.91. The Hall–Kier alpha value is -2.62. The number of anilines is 3. The molecular weight excluding hydrogens is 248 g/mol. The van der Waals surface area contributed by atoms with Gasteiger partial charge in [-0.25, -0.2) is 9.97 Å². The second kappa shape index (κ2) is 4.81. The van der Waals surface area contributed by atoms with E-state index in [0.29, 0.717) is 11.6 Å². The molecule has 20 heavy (non-hydrogen) atoms. The molecule has 0 aliphatic carbocycles. The van der Waals surface area contributed by atoms with E-state index in [1.165, 1.54) is 5.56 Å². The van der Waals surface area contributed by atoms with Crippen LogP contribution in [0.4, 0.5) is 17.3 Å². The highest BCUT2D eigenvalue weighted by molar-refractivity contribution is 5.81. The summed E-state index contributed by atoms with van der Waals surface area (Å²) < 4.78 is 0. The van der Waals surface area contributed by atoms with Gasteiger partial charge in [0.15, 0.2) is 11.6 Å². The Labute approximate surface area is 117 Å². The Morgan fingerprint density at radius 2 is 1.65 bits per heavy atom. The quantitative estimate of drug-likeness (QED) is 0.742. The van der Waals surface area contributed by atoms with Crippen LogP contribution >= 0.6 is 0 Å². The first-order chi connectivity index (χ1) is 9.63. The van der Waals surface area contributed by atoms with Gasteiger partial charge in [0.05, 0.1) is 11.0 Å². The average molecular weight is 264 g/mol. The molecule has 0 radical (unpaired) electrons. The van der Waals surface area contributed by atoms with Crippen LogP contribution in [0.2, 0.25) is 0 Å². The predicted molar refractivity (Wildman–Crippen MR) is 83.1 cm³/mol. The fourth-order valence-corrected chi connectivity index (χ4v) is 2.19. The van der Waals surface area contributed by atoms with Crippen LogP contribution in [-0.4, -0.2) is 9.97 Å². The second-order valence-electron chi connectivity index (χ2n) is 4.89. The first-order valence-corrected chi connectivity index (χ1v) is 6.50. The van der Waals surface area contributed by atoms with Crippen molar-refractivity contribution >= 4 is 28.4 Å². The van der Waals surface area contributed by atoms with Gasteiger partial charge in [-0.1, -0.05) is 29.8 Å². The number of fused-ring (bicyclic) bond motifs is 1. The van der Waals surface area contributed by atoms with Gasteiger partial charge >= 0.3 is 0 Å². The van der Waals surface area contributed by atoms with Gasteiger partial charge in [0.25, 0.3) is 0 Å². The third kappa shape index (κ3) is 2.28. The Bertz CT molecular complexity index is 781. The van der Waals surface area contributed by atoms with Gasteiger partial charge in [-0.3, -0.25) is 0 Å². The average Bonchev–Trinajstić information content (AvgIpc) is 2.42. The predicted octanol–water partition coefficient (Wildman–Crippen LogP) is 3.57. The van der Waals surface area contributed by atoms with Gasteiger partial charge in [0.2, 0.25) is 0 Å². The minimum absolute atomic E-state index is 0.406. The van der Waals surface area contributed by atoms with Gasteiger partial charge < -0.3 is 11.1 Å². The van der Waals surface area contributed by atoms with Gasteiger partial charge in [0.1, 0.15) is 0 Å². The summed E-state index contributed by atoms with van der Waals surface area (Å²) in [5.41, 5.74) is 11.0. The molecule has 4 nitrogen and oxygen atoms in total. The largest absolute Gasteiger partial charge is 0.381 e. The molecule has 0 spiro atoms. The molecule has 1 aromatic heterocycles. The van der Waals surface area contributed by atoms with Gasteiger partial charge in [0, 0.05) is 5.69 Å². The molecule has 100 valence electrons. The highest BCUT2D eigenvalue weighted by atomic mass is 15.1. The van der Waals surface area contributed by atoms with Crippen molar-refractivity contribution < 1.29 is 0 Å². The van der Waals surface area contributed by atoms with Gasteiger partial charge in [-0.05, 0) is 37.6 Å². The van der Waals surface area contributed by atoms with Crippen molar-refractivity contribution in [1.82, 2.24) is 9.97 Å². The summed E-state index contributed by atoms with van der Waals surface area (Å²) in [7, 11) is 0. The van der Waals surface area contributed by atoms with Crippen LogP contribution in [0.1, 0.15) is 11.1 Å². The number of hydrogen-bond acceptors (Lipinski definition) is 4. The van der Waals surface area contributed by atoms with E-state index in [1.54, 1.807) is 0 Å². The van der Waals surface area contributed by atoms with E-state index < -0.39 is 0 Å². The maximum atomic E-state index is 5.98. The maximum absolute atomic E-state index is 5.98. The second-order valence-corrected chi connectivity index (χ2v) is 4.89. The van der Waals surface area contributed by atoms with Crippen LogP contribution in [0, 0.1) is 13.8 Å². The molecule has 4 heteroatoms. The van der Waals surface area contributed by atoms with Crippen LogP contribution in [0.25, 0.3) is 11.0 Å². The molecule has 2 aromatic carbocycles. The zero-order valence-corrected chi connectivity index (χ0v) is 11.5. The zero-order chi connectivity index (χ0) is 14.1. The van der Waals surface area contributed by atoms with Crippen molar-refractivity contribution in [1.29, 1.82) is 0 Å². The number of nitrogens with two attached hydrogens (primary N) is 1. The van der Waals surface area contributed by atoms with Crippen LogP contribution < -0.4 is 11.1 Å². The summed E-state index contributed by atoms with van der Waals surface area (Å²) in [5, 5.41) is 3.26. The summed E-state index contributed by atoms with van der Waals surface area (Å²) in [6.07, 6.45) is 0. The molecule has 0 aliphatic heterocycles. The minimum atomic E-state index is 0.406. The maximum Gasteiger partial charge on any atom is 0.174 e. The van der Waals surface area contributed by atoms with Crippen molar-refractivity contribution in [3.8, 4) is 0 Å². The van der Waals surface area contributed by atoms with Gasteiger partial charge in [-0.15, -0.1) is 0 Å². The zero-order valence-electron chi connectivity index (χ0n) is 11.5. The molecule has 0 bridgehead atoms. The fraction of sp³-hybridized carbons (Fsp3) is 0.125. The van der Waals surface area contributed by atoms with Crippen molar-refractivity contribution in [2.24, 2.45) is 0 Å². The van der Waals surface area contributed by atoms with E-state index in [4.69, 9.17) is 5.73 Å². The number of aromatic nitrogens is 2. The molecule has 0 atom stereocenters. The molecule has 0 amide bonds. The molecule has 0 aliphatic rings. The first-order valence-electron chi connectivity index (χ1n) is 6.50. The van der Waals surface area contributed by atoms with Crippen LogP contribution in [0.5, 0.6) is 0 Å².